The van der Waals surface area contributed by atoms with Gasteiger partial charge in [0.2, 0.25) is 0 Å². The molecule has 3 nitrogen and oxygen atoms in total. The first-order valence-corrected chi connectivity index (χ1v) is 3.58. The van der Waals surface area contributed by atoms with Gasteiger partial charge in [0.25, 0.3) is 0 Å². The van der Waals surface area contributed by atoms with E-state index in [1.54, 1.807) is 6.92 Å². The number of nitrogens with two attached hydrogens (primary N) is 1. The van der Waals surface area contributed by atoms with Gasteiger partial charge in [0, 0.05) is 5.92 Å². The Labute approximate surface area is 66.9 Å². The summed E-state index contributed by atoms with van der Waals surface area (Å²) in [6.45, 7) is 5.64. The minimum absolute atomic E-state index is 0.0995. The van der Waals surface area contributed by atoms with Gasteiger partial charge < -0.3 is 10.8 Å². The second kappa shape index (κ2) is 4.13. The van der Waals surface area contributed by atoms with Crippen LogP contribution >= 0.6 is 0 Å². The molecule has 0 radical (unpaired) electrons. The van der Waals surface area contributed by atoms with Gasteiger partial charge in [0.05, 0.1) is 0 Å². The SMILES string of the molecule is CC(C)=CC(C)C(N)C(=O)O. The lowest BCUT2D eigenvalue weighted by Gasteiger charge is -2.11. The summed E-state index contributed by atoms with van der Waals surface area (Å²) in [5.74, 6) is -1.05. The quantitative estimate of drug-likeness (QED) is 0.601. The molecule has 3 N–H and O–H groups in total. The molecule has 0 aliphatic carbocycles. The molecular formula is C8H15NO2. The van der Waals surface area contributed by atoms with Crippen LogP contribution in [0.2, 0.25) is 0 Å². The number of carbonyl (C=O) groups is 1. The van der Waals surface area contributed by atoms with Gasteiger partial charge in [-0.15, -0.1) is 0 Å². The van der Waals surface area contributed by atoms with E-state index >= 15 is 0 Å². The molecular weight excluding hydrogens is 142 g/mol. The second-order valence-electron chi connectivity index (χ2n) is 2.97. The van der Waals surface area contributed by atoms with Crippen LogP contribution in [0.5, 0.6) is 0 Å². The summed E-state index contributed by atoms with van der Waals surface area (Å²) in [5, 5.41) is 8.51. The summed E-state index contributed by atoms with van der Waals surface area (Å²) in [6.07, 6.45) is 1.86. The molecule has 2 atom stereocenters. The van der Waals surface area contributed by atoms with E-state index in [0.29, 0.717) is 0 Å². The fourth-order valence-electron chi connectivity index (χ4n) is 0.854. The van der Waals surface area contributed by atoms with Crippen molar-refractivity contribution in [1.29, 1.82) is 0 Å². The standard InChI is InChI=1S/C8H15NO2/c1-5(2)4-6(3)7(9)8(10)11/h4,6-7H,9H2,1-3H3,(H,10,11). The molecule has 0 spiro atoms. The highest BCUT2D eigenvalue weighted by Crippen LogP contribution is 2.05. The van der Waals surface area contributed by atoms with E-state index in [4.69, 9.17) is 10.8 Å². The maximum Gasteiger partial charge on any atom is 0.321 e. The fourth-order valence-corrected chi connectivity index (χ4v) is 0.854. The van der Waals surface area contributed by atoms with Crippen LogP contribution in [0.3, 0.4) is 0 Å². The van der Waals surface area contributed by atoms with Crippen molar-refractivity contribution in [3.8, 4) is 0 Å². The summed E-state index contributed by atoms with van der Waals surface area (Å²) in [4.78, 5) is 10.4. The van der Waals surface area contributed by atoms with E-state index in [2.05, 4.69) is 0 Å². The van der Waals surface area contributed by atoms with Gasteiger partial charge in [-0.1, -0.05) is 18.6 Å². The Balaban J connectivity index is 4.14. The predicted octanol–water partition coefficient (Wildman–Crippen LogP) is 1.00. The van der Waals surface area contributed by atoms with Crippen molar-refractivity contribution in [3.63, 3.8) is 0 Å². The zero-order valence-corrected chi connectivity index (χ0v) is 7.16. The molecule has 0 saturated heterocycles. The van der Waals surface area contributed by atoms with Crippen LogP contribution in [-0.2, 0) is 4.79 Å². The lowest BCUT2D eigenvalue weighted by Crippen LogP contribution is -2.35. The maximum absolute atomic E-state index is 10.4. The first kappa shape index (κ1) is 10.2. The smallest absolute Gasteiger partial charge is 0.321 e. The largest absolute Gasteiger partial charge is 0.480 e. The van der Waals surface area contributed by atoms with Crippen LogP contribution in [-0.4, -0.2) is 17.1 Å². The van der Waals surface area contributed by atoms with Gasteiger partial charge >= 0.3 is 5.97 Å². The van der Waals surface area contributed by atoms with Crippen LogP contribution in [0.4, 0.5) is 0 Å². The average Bonchev–Trinajstić information content (AvgIpc) is 1.84. The van der Waals surface area contributed by atoms with Crippen LogP contribution in [0.15, 0.2) is 11.6 Å². The highest BCUT2D eigenvalue weighted by molar-refractivity contribution is 5.73. The molecule has 0 bridgehead atoms. The number of hydrogen-bond acceptors (Lipinski definition) is 2. The van der Waals surface area contributed by atoms with Crippen molar-refractivity contribution >= 4 is 5.97 Å². The van der Waals surface area contributed by atoms with E-state index < -0.39 is 12.0 Å². The number of carboxylic acid groups (broad SMARTS) is 1. The van der Waals surface area contributed by atoms with E-state index in [-0.39, 0.29) is 5.92 Å². The monoisotopic (exact) mass is 157 g/mol. The third-order valence-electron chi connectivity index (χ3n) is 1.45. The zero-order valence-electron chi connectivity index (χ0n) is 7.16. The van der Waals surface area contributed by atoms with Gasteiger partial charge in [-0.3, -0.25) is 4.79 Å². The topological polar surface area (TPSA) is 63.3 Å². The molecule has 0 heterocycles. The number of allylic oxidation sites excluding steroid dienone is 1. The zero-order chi connectivity index (χ0) is 9.02. The molecule has 0 aliphatic heterocycles. The van der Waals surface area contributed by atoms with Gasteiger partial charge in [-0.05, 0) is 13.8 Å². The normalized spacial score (nSPS) is 15.3. The van der Waals surface area contributed by atoms with Crippen LogP contribution in [0, 0.1) is 5.92 Å². The third-order valence-corrected chi connectivity index (χ3v) is 1.45. The number of hydrogen-bond donors (Lipinski definition) is 2. The van der Waals surface area contributed by atoms with Crippen molar-refractivity contribution in [3.05, 3.63) is 11.6 Å². The Morgan fingerprint density at radius 1 is 1.55 bits per heavy atom. The summed E-state index contributed by atoms with van der Waals surface area (Å²) >= 11 is 0. The first-order valence-electron chi connectivity index (χ1n) is 3.58. The van der Waals surface area contributed by atoms with E-state index in [0.717, 1.165) is 5.57 Å². The Morgan fingerprint density at radius 3 is 2.27 bits per heavy atom. The third kappa shape index (κ3) is 3.78. The van der Waals surface area contributed by atoms with Crippen LogP contribution < -0.4 is 5.73 Å². The first-order chi connectivity index (χ1) is 4.95. The van der Waals surface area contributed by atoms with Crippen molar-refractivity contribution in [2.24, 2.45) is 11.7 Å². The van der Waals surface area contributed by atoms with E-state index in [1.807, 2.05) is 19.9 Å². The molecule has 2 unspecified atom stereocenters. The maximum atomic E-state index is 10.4. The average molecular weight is 157 g/mol. The molecule has 0 aromatic rings. The summed E-state index contributed by atoms with van der Waals surface area (Å²) in [7, 11) is 0. The summed E-state index contributed by atoms with van der Waals surface area (Å²) < 4.78 is 0. The fraction of sp³-hybridized carbons (Fsp3) is 0.625. The van der Waals surface area contributed by atoms with Gasteiger partial charge in [0.15, 0.2) is 0 Å². The Kier molecular flexibility index (Phi) is 3.82. The summed E-state index contributed by atoms with van der Waals surface area (Å²) in [5.41, 5.74) is 6.46. The molecule has 0 rings (SSSR count). The van der Waals surface area contributed by atoms with E-state index in [9.17, 15) is 4.79 Å². The summed E-state index contributed by atoms with van der Waals surface area (Å²) in [6, 6.07) is -0.787. The Bertz CT molecular complexity index is 171. The molecule has 0 saturated carbocycles. The van der Waals surface area contributed by atoms with Crippen molar-refractivity contribution in [2.75, 3.05) is 0 Å². The second-order valence-corrected chi connectivity index (χ2v) is 2.97. The molecule has 0 aliphatic rings. The van der Waals surface area contributed by atoms with Crippen LogP contribution in [0.25, 0.3) is 0 Å². The van der Waals surface area contributed by atoms with Gasteiger partial charge in [0.1, 0.15) is 6.04 Å². The predicted molar refractivity (Wildman–Crippen MR) is 44.2 cm³/mol. The molecule has 0 fully saturated rings. The van der Waals surface area contributed by atoms with E-state index in [1.165, 1.54) is 0 Å². The number of carboxylic acids is 1. The molecule has 0 amide bonds. The van der Waals surface area contributed by atoms with Crippen molar-refractivity contribution in [2.45, 2.75) is 26.8 Å². The minimum atomic E-state index is -0.949. The Hall–Kier alpha value is -0.830. The van der Waals surface area contributed by atoms with Crippen molar-refractivity contribution < 1.29 is 9.90 Å². The minimum Gasteiger partial charge on any atom is -0.480 e. The van der Waals surface area contributed by atoms with Gasteiger partial charge in [-0.25, -0.2) is 0 Å². The highest BCUT2D eigenvalue weighted by atomic mass is 16.4. The van der Waals surface area contributed by atoms with Crippen molar-refractivity contribution in [1.82, 2.24) is 0 Å². The molecule has 11 heavy (non-hydrogen) atoms. The van der Waals surface area contributed by atoms with Gasteiger partial charge in [-0.2, -0.15) is 0 Å². The Morgan fingerprint density at radius 2 is 2.00 bits per heavy atom. The number of rotatable bonds is 3. The molecule has 0 aromatic carbocycles. The molecule has 3 heteroatoms. The van der Waals surface area contributed by atoms with Crippen LogP contribution in [0.1, 0.15) is 20.8 Å². The highest BCUT2D eigenvalue weighted by Gasteiger charge is 2.17. The lowest BCUT2D eigenvalue weighted by atomic mass is 10.0. The number of aliphatic carboxylic acids is 1. The molecule has 0 aromatic heterocycles. The lowest BCUT2D eigenvalue weighted by molar-refractivity contribution is -0.139. The molecule has 64 valence electrons.